The van der Waals surface area contributed by atoms with Gasteiger partial charge in [-0.15, -0.1) is 0 Å². The lowest BCUT2D eigenvalue weighted by Gasteiger charge is -2.36. The third-order valence-electron chi connectivity index (χ3n) is 3.85. The molecule has 0 saturated heterocycles. The maximum absolute atomic E-state index is 5.98. The first-order chi connectivity index (χ1) is 8.61. The first kappa shape index (κ1) is 13.8. The fraction of sp³-hybridized carbons (Fsp3) is 0.643. The van der Waals surface area contributed by atoms with Crippen molar-refractivity contribution in [1.29, 1.82) is 0 Å². The van der Waals surface area contributed by atoms with Gasteiger partial charge in [-0.2, -0.15) is 0 Å². The maximum Gasteiger partial charge on any atom is 0.129 e. The average Bonchev–Trinajstić information content (AvgIpc) is 2.37. The van der Waals surface area contributed by atoms with E-state index in [2.05, 4.69) is 45.7 Å². The summed E-state index contributed by atoms with van der Waals surface area (Å²) >= 11 is 3.51. The summed E-state index contributed by atoms with van der Waals surface area (Å²) in [5.41, 5.74) is 7.22. The van der Waals surface area contributed by atoms with Crippen molar-refractivity contribution in [2.24, 2.45) is 5.73 Å². The van der Waals surface area contributed by atoms with E-state index in [1.807, 2.05) is 6.20 Å². The van der Waals surface area contributed by atoms with Crippen molar-refractivity contribution in [2.45, 2.75) is 51.6 Å². The molecule has 1 fully saturated rings. The summed E-state index contributed by atoms with van der Waals surface area (Å²) in [6, 6.07) is 3.17. The summed E-state index contributed by atoms with van der Waals surface area (Å²) < 4.78 is 1.08. The number of nitrogens with zero attached hydrogens (tertiary/aromatic N) is 2. The molecule has 1 saturated carbocycles. The number of halogens is 1. The number of pyridine rings is 1. The first-order valence-electron chi connectivity index (χ1n) is 6.76. The van der Waals surface area contributed by atoms with E-state index in [4.69, 9.17) is 5.73 Å². The second kappa shape index (κ2) is 6.02. The minimum absolute atomic E-state index is 0.402. The molecule has 1 heterocycles. The van der Waals surface area contributed by atoms with Crippen LogP contribution in [0.25, 0.3) is 0 Å². The lowest BCUT2D eigenvalue weighted by Crippen LogP contribution is -2.41. The van der Waals surface area contributed by atoms with Crippen molar-refractivity contribution in [3.63, 3.8) is 0 Å². The number of hydrogen-bond acceptors (Lipinski definition) is 3. The molecule has 3 nitrogen and oxygen atoms in total. The van der Waals surface area contributed by atoms with Gasteiger partial charge in [0.05, 0.1) is 0 Å². The van der Waals surface area contributed by atoms with E-state index in [0.717, 1.165) is 29.7 Å². The van der Waals surface area contributed by atoms with Crippen molar-refractivity contribution in [3.05, 3.63) is 22.3 Å². The van der Waals surface area contributed by atoms with Gasteiger partial charge in [0.25, 0.3) is 0 Å². The molecule has 100 valence electrons. The van der Waals surface area contributed by atoms with Crippen LogP contribution in [0.2, 0.25) is 0 Å². The van der Waals surface area contributed by atoms with Crippen molar-refractivity contribution in [3.8, 4) is 0 Å². The van der Waals surface area contributed by atoms with Crippen LogP contribution in [-0.4, -0.2) is 23.6 Å². The van der Waals surface area contributed by atoms with Gasteiger partial charge in [-0.3, -0.25) is 0 Å². The Balaban J connectivity index is 2.14. The molecular formula is C14H22BrN3. The van der Waals surface area contributed by atoms with Gasteiger partial charge >= 0.3 is 0 Å². The number of anilines is 1. The van der Waals surface area contributed by atoms with Crippen molar-refractivity contribution < 1.29 is 0 Å². The predicted octanol–water partition coefficient (Wildman–Crippen LogP) is 3.25. The summed E-state index contributed by atoms with van der Waals surface area (Å²) in [4.78, 5) is 6.97. The molecule has 0 aliphatic heterocycles. The highest BCUT2D eigenvalue weighted by molar-refractivity contribution is 9.10. The highest BCUT2D eigenvalue weighted by Gasteiger charge is 2.24. The number of rotatable bonds is 3. The summed E-state index contributed by atoms with van der Waals surface area (Å²) in [6.45, 7) is 5.32. The monoisotopic (exact) mass is 311 g/mol. The van der Waals surface area contributed by atoms with Crippen LogP contribution in [0.4, 0.5) is 5.82 Å². The average molecular weight is 312 g/mol. The summed E-state index contributed by atoms with van der Waals surface area (Å²) in [5, 5.41) is 0. The Morgan fingerprint density at radius 3 is 2.61 bits per heavy atom. The maximum atomic E-state index is 5.98. The molecule has 0 unspecified atom stereocenters. The van der Waals surface area contributed by atoms with Crippen LogP contribution >= 0.6 is 15.9 Å². The van der Waals surface area contributed by atoms with Crippen LogP contribution in [-0.2, 0) is 0 Å². The second-order valence-corrected chi connectivity index (χ2v) is 6.00. The van der Waals surface area contributed by atoms with Gasteiger partial charge in [0, 0.05) is 29.3 Å². The van der Waals surface area contributed by atoms with E-state index in [9.17, 15) is 0 Å². The van der Waals surface area contributed by atoms with Crippen LogP contribution in [0, 0.1) is 6.92 Å². The van der Waals surface area contributed by atoms with Gasteiger partial charge in [-0.1, -0.05) is 0 Å². The van der Waals surface area contributed by atoms with Gasteiger partial charge in [-0.05, 0) is 67.1 Å². The van der Waals surface area contributed by atoms with Gasteiger partial charge in [0.1, 0.15) is 5.82 Å². The smallest absolute Gasteiger partial charge is 0.129 e. The standard InChI is InChI=1S/C14H22BrN3/c1-3-18(12-6-4-11(16)5-7-12)14-8-10(2)13(15)9-17-14/h8-9,11-12H,3-7,16H2,1-2H3. The zero-order chi connectivity index (χ0) is 13.1. The zero-order valence-electron chi connectivity index (χ0n) is 11.2. The molecule has 0 spiro atoms. The highest BCUT2D eigenvalue weighted by atomic mass is 79.9. The molecule has 18 heavy (non-hydrogen) atoms. The van der Waals surface area contributed by atoms with Gasteiger partial charge in [0.15, 0.2) is 0 Å². The molecule has 0 amide bonds. The number of hydrogen-bond donors (Lipinski definition) is 1. The number of nitrogens with two attached hydrogens (primary N) is 1. The Kier molecular flexibility index (Phi) is 4.62. The van der Waals surface area contributed by atoms with Crippen LogP contribution in [0.5, 0.6) is 0 Å². The normalized spacial score (nSPS) is 24.0. The van der Waals surface area contributed by atoms with E-state index >= 15 is 0 Å². The van der Waals surface area contributed by atoms with Gasteiger partial charge in [0.2, 0.25) is 0 Å². The van der Waals surface area contributed by atoms with Gasteiger partial charge < -0.3 is 10.6 Å². The molecule has 0 aromatic carbocycles. The Bertz CT molecular complexity index is 400. The van der Waals surface area contributed by atoms with E-state index < -0.39 is 0 Å². The molecular weight excluding hydrogens is 290 g/mol. The Morgan fingerprint density at radius 1 is 1.39 bits per heavy atom. The van der Waals surface area contributed by atoms with Crippen molar-refractivity contribution in [2.75, 3.05) is 11.4 Å². The third-order valence-corrected chi connectivity index (χ3v) is 4.68. The largest absolute Gasteiger partial charge is 0.354 e. The molecule has 1 aliphatic rings. The fourth-order valence-corrected chi connectivity index (χ4v) is 2.92. The fourth-order valence-electron chi connectivity index (χ4n) is 2.70. The van der Waals surface area contributed by atoms with Gasteiger partial charge in [-0.25, -0.2) is 4.98 Å². The molecule has 0 bridgehead atoms. The Morgan fingerprint density at radius 2 is 2.06 bits per heavy atom. The lowest BCUT2D eigenvalue weighted by atomic mass is 9.90. The van der Waals surface area contributed by atoms with E-state index in [1.54, 1.807) is 0 Å². The van der Waals surface area contributed by atoms with E-state index in [-0.39, 0.29) is 0 Å². The molecule has 2 N–H and O–H groups in total. The quantitative estimate of drug-likeness (QED) is 0.931. The summed E-state index contributed by atoms with van der Waals surface area (Å²) in [6.07, 6.45) is 6.55. The number of aromatic nitrogens is 1. The van der Waals surface area contributed by atoms with Crippen molar-refractivity contribution in [1.82, 2.24) is 4.98 Å². The molecule has 1 aromatic heterocycles. The van der Waals surface area contributed by atoms with E-state index in [0.29, 0.717) is 12.1 Å². The SMILES string of the molecule is CCN(c1cc(C)c(Br)cn1)C1CCC(N)CC1. The molecule has 1 aromatic rings. The van der Waals surface area contributed by atoms with Crippen LogP contribution in [0.3, 0.4) is 0 Å². The minimum Gasteiger partial charge on any atom is -0.354 e. The predicted molar refractivity (Wildman–Crippen MR) is 79.9 cm³/mol. The highest BCUT2D eigenvalue weighted by Crippen LogP contribution is 2.27. The minimum atomic E-state index is 0.402. The first-order valence-corrected chi connectivity index (χ1v) is 7.55. The number of aryl methyl sites for hydroxylation is 1. The molecule has 2 rings (SSSR count). The van der Waals surface area contributed by atoms with Crippen LogP contribution in [0.15, 0.2) is 16.7 Å². The zero-order valence-corrected chi connectivity index (χ0v) is 12.8. The Hall–Kier alpha value is -0.610. The van der Waals surface area contributed by atoms with E-state index in [1.165, 1.54) is 18.4 Å². The van der Waals surface area contributed by atoms with Crippen LogP contribution < -0.4 is 10.6 Å². The molecule has 1 aliphatic carbocycles. The lowest BCUT2D eigenvalue weighted by molar-refractivity contribution is 0.377. The van der Waals surface area contributed by atoms with Crippen molar-refractivity contribution >= 4 is 21.7 Å². The topological polar surface area (TPSA) is 42.2 Å². The van der Waals surface area contributed by atoms with Crippen LogP contribution in [0.1, 0.15) is 38.2 Å². The molecule has 4 heteroatoms. The molecule has 0 radical (unpaired) electrons. The molecule has 0 atom stereocenters. The third kappa shape index (κ3) is 3.04. The summed E-state index contributed by atoms with van der Waals surface area (Å²) in [5.74, 6) is 1.10. The summed E-state index contributed by atoms with van der Waals surface area (Å²) in [7, 11) is 0. The second-order valence-electron chi connectivity index (χ2n) is 5.15. The Labute approximate surface area is 118 Å².